The molecule has 1 aliphatic heterocycles. The Morgan fingerprint density at radius 3 is 2.61 bits per heavy atom. The first-order chi connectivity index (χ1) is 13.8. The minimum absolute atomic E-state index is 0.110. The number of nitrogens with zero attached hydrogens (tertiary/aromatic N) is 2. The van der Waals surface area contributed by atoms with Crippen LogP contribution in [0.15, 0.2) is 73.1 Å². The van der Waals surface area contributed by atoms with Crippen molar-refractivity contribution in [1.82, 2.24) is 9.88 Å². The monoisotopic (exact) mass is 371 g/mol. The number of hydrogen-bond acceptors (Lipinski definition) is 4. The number of amides is 1. The van der Waals surface area contributed by atoms with Crippen molar-refractivity contribution in [3.05, 3.63) is 89.7 Å². The summed E-state index contributed by atoms with van der Waals surface area (Å²) in [4.78, 5) is 19.2. The summed E-state index contributed by atoms with van der Waals surface area (Å²) >= 11 is 0. The van der Waals surface area contributed by atoms with Gasteiger partial charge in [-0.15, -0.1) is 0 Å². The van der Waals surface area contributed by atoms with Crippen molar-refractivity contribution in [1.29, 1.82) is 0 Å². The molecule has 1 atom stereocenters. The predicted octanol–water partition coefficient (Wildman–Crippen LogP) is 4.39. The molecule has 0 saturated heterocycles. The molecule has 5 nitrogen and oxygen atoms in total. The maximum absolute atomic E-state index is 13.1. The van der Waals surface area contributed by atoms with Crippen molar-refractivity contribution in [2.45, 2.75) is 31.7 Å². The van der Waals surface area contributed by atoms with Gasteiger partial charge in [-0.2, -0.15) is 0 Å². The van der Waals surface area contributed by atoms with Crippen molar-refractivity contribution in [3.63, 3.8) is 0 Å². The van der Waals surface area contributed by atoms with Crippen LogP contribution in [0.2, 0.25) is 0 Å². The Balaban J connectivity index is 1.37. The van der Waals surface area contributed by atoms with Crippen LogP contribution in [0.4, 0.5) is 5.69 Å². The fourth-order valence-corrected chi connectivity index (χ4v) is 3.64. The van der Waals surface area contributed by atoms with E-state index in [1.165, 1.54) is 0 Å². The van der Waals surface area contributed by atoms with Crippen LogP contribution in [-0.2, 0) is 6.61 Å². The topological polar surface area (TPSA) is 54.5 Å². The number of para-hydroxylation sites is 1. The minimum atomic E-state index is -0.151. The summed E-state index contributed by atoms with van der Waals surface area (Å²) in [5.41, 5.74) is 3.74. The number of pyridine rings is 1. The molecule has 2 aromatic carbocycles. The molecule has 28 heavy (non-hydrogen) atoms. The molecule has 1 aliphatic carbocycles. The van der Waals surface area contributed by atoms with Gasteiger partial charge in [-0.05, 0) is 48.7 Å². The van der Waals surface area contributed by atoms with Gasteiger partial charge in [-0.25, -0.2) is 0 Å². The molecule has 5 rings (SSSR count). The summed E-state index contributed by atoms with van der Waals surface area (Å²) in [7, 11) is 0. The highest BCUT2D eigenvalue weighted by Gasteiger charge is 2.41. The van der Waals surface area contributed by atoms with Gasteiger partial charge in [0.15, 0.2) is 0 Å². The van der Waals surface area contributed by atoms with Crippen LogP contribution in [0.25, 0.3) is 0 Å². The summed E-state index contributed by atoms with van der Waals surface area (Å²) in [6.45, 7) is 0.481. The molecule has 1 N–H and O–H groups in total. The normalized spacial score (nSPS) is 18.4. The Labute approximate surface area is 164 Å². The molecule has 0 radical (unpaired) electrons. The van der Waals surface area contributed by atoms with Gasteiger partial charge in [0.2, 0.25) is 0 Å². The lowest BCUT2D eigenvalue weighted by Crippen LogP contribution is -2.44. The first kappa shape index (κ1) is 16.8. The van der Waals surface area contributed by atoms with E-state index in [4.69, 9.17) is 4.74 Å². The van der Waals surface area contributed by atoms with E-state index in [0.29, 0.717) is 12.6 Å². The third kappa shape index (κ3) is 3.20. The zero-order valence-corrected chi connectivity index (χ0v) is 15.4. The van der Waals surface area contributed by atoms with Crippen LogP contribution in [0.5, 0.6) is 5.75 Å². The highest BCUT2D eigenvalue weighted by molar-refractivity contribution is 6.02. The van der Waals surface area contributed by atoms with Gasteiger partial charge in [-0.3, -0.25) is 9.78 Å². The van der Waals surface area contributed by atoms with Crippen LogP contribution < -0.4 is 10.1 Å². The highest BCUT2D eigenvalue weighted by Crippen LogP contribution is 2.40. The van der Waals surface area contributed by atoms with Gasteiger partial charge < -0.3 is 15.0 Å². The maximum atomic E-state index is 13.1. The number of carbonyl (C=O) groups is 1. The summed E-state index contributed by atoms with van der Waals surface area (Å²) in [5.74, 6) is 0.909. The number of benzene rings is 2. The van der Waals surface area contributed by atoms with Gasteiger partial charge in [0.25, 0.3) is 5.91 Å². The van der Waals surface area contributed by atoms with Crippen LogP contribution in [-0.4, -0.2) is 21.8 Å². The van der Waals surface area contributed by atoms with E-state index < -0.39 is 0 Å². The fraction of sp³-hybridized carbons (Fsp3) is 0.217. The molecule has 1 fully saturated rings. The third-order valence-corrected chi connectivity index (χ3v) is 5.23. The zero-order chi connectivity index (χ0) is 18.9. The average Bonchev–Trinajstić information content (AvgIpc) is 3.58. The Kier molecular flexibility index (Phi) is 4.20. The molecule has 0 bridgehead atoms. The lowest BCUT2D eigenvalue weighted by molar-refractivity contribution is 0.0666. The first-order valence-corrected chi connectivity index (χ1v) is 9.59. The predicted molar refractivity (Wildman–Crippen MR) is 107 cm³/mol. The molecule has 0 spiro atoms. The van der Waals surface area contributed by atoms with Crippen LogP contribution in [0.1, 0.15) is 40.5 Å². The molecule has 1 saturated carbocycles. The number of fused-ring (bicyclic) bond motifs is 1. The van der Waals surface area contributed by atoms with Gasteiger partial charge >= 0.3 is 0 Å². The number of carbonyl (C=O) groups excluding carboxylic acids is 1. The van der Waals surface area contributed by atoms with Crippen molar-refractivity contribution in [2.75, 3.05) is 5.32 Å². The Morgan fingerprint density at radius 1 is 1.04 bits per heavy atom. The second kappa shape index (κ2) is 7.00. The van der Waals surface area contributed by atoms with Crippen molar-refractivity contribution >= 4 is 11.6 Å². The summed E-state index contributed by atoms with van der Waals surface area (Å²) in [6.07, 6.45) is 5.54. The Bertz CT molecular complexity index is 984. The van der Waals surface area contributed by atoms with Gasteiger partial charge in [0.1, 0.15) is 18.5 Å². The molecule has 2 heterocycles. The SMILES string of the molecule is O=C1c2ccccc2N[C@H](c2ccc(OCc3cccnc3)cc2)N1C1CC1. The minimum Gasteiger partial charge on any atom is -0.489 e. The summed E-state index contributed by atoms with van der Waals surface area (Å²) < 4.78 is 5.86. The largest absolute Gasteiger partial charge is 0.489 e. The number of rotatable bonds is 5. The summed E-state index contributed by atoms with van der Waals surface area (Å²) in [6, 6.07) is 19.9. The standard InChI is InChI=1S/C23H21N3O2/c27-23-20-5-1-2-6-21(20)25-22(26(23)18-9-10-18)17-7-11-19(12-8-17)28-15-16-4-3-13-24-14-16/h1-8,11-14,18,22,25H,9-10,15H2/t22-/m0/s1. The lowest BCUT2D eigenvalue weighted by Gasteiger charge is -2.38. The number of ether oxygens (including phenoxy) is 1. The molecular weight excluding hydrogens is 350 g/mol. The van der Waals surface area contributed by atoms with E-state index in [1.807, 2.05) is 65.6 Å². The second-order valence-corrected chi connectivity index (χ2v) is 7.26. The summed E-state index contributed by atoms with van der Waals surface area (Å²) in [5, 5.41) is 3.55. The zero-order valence-electron chi connectivity index (χ0n) is 15.4. The molecule has 2 aliphatic rings. The Hall–Kier alpha value is -3.34. The third-order valence-electron chi connectivity index (χ3n) is 5.23. The maximum Gasteiger partial charge on any atom is 0.258 e. The molecule has 1 aromatic heterocycles. The number of aromatic nitrogens is 1. The van der Waals surface area contributed by atoms with E-state index in [-0.39, 0.29) is 12.1 Å². The van der Waals surface area contributed by atoms with E-state index in [9.17, 15) is 4.79 Å². The molecule has 5 heteroatoms. The van der Waals surface area contributed by atoms with Crippen molar-refractivity contribution in [2.24, 2.45) is 0 Å². The van der Waals surface area contributed by atoms with E-state index in [0.717, 1.165) is 41.0 Å². The number of nitrogens with one attached hydrogen (secondary N) is 1. The van der Waals surface area contributed by atoms with Crippen LogP contribution >= 0.6 is 0 Å². The first-order valence-electron chi connectivity index (χ1n) is 9.59. The molecular formula is C23H21N3O2. The average molecular weight is 371 g/mol. The molecule has 140 valence electrons. The second-order valence-electron chi connectivity index (χ2n) is 7.26. The van der Waals surface area contributed by atoms with Crippen LogP contribution in [0, 0.1) is 0 Å². The quantitative estimate of drug-likeness (QED) is 0.723. The molecule has 3 aromatic rings. The molecule has 1 amide bonds. The lowest BCUT2D eigenvalue weighted by atomic mass is 10.0. The molecule has 0 unspecified atom stereocenters. The van der Waals surface area contributed by atoms with Gasteiger partial charge in [0.05, 0.1) is 5.56 Å². The number of hydrogen-bond donors (Lipinski definition) is 1. The van der Waals surface area contributed by atoms with Crippen molar-refractivity contribution < 1.29 is 9.53 Å². The van der Waals surface area contributed by atoms with Crippen molar-refractivity contribution in [3.8, 4) is 5.75 Å². The Morgan fingerprint density at radius 2 is 1.86 bits per heavy atom. The smallest absolute Gasteiger partial charge is 0.258 e. The van der Waals surface area contributed by atoms with E-state index in [1.54, 1.807) is 12.4 Å². The van der Waals surface area contributed by atoms with Gasteiger partial charge in [0, 0.05) is 29.7 Å². The van der Waals surface area contributed by atoms with E-state index in [2.05, 4.69) is 10.3 Å². The fourth-order valence-electron chi connectivity index (χ4n) is 3.64. The van der Waals surface area contributed by atoms with E-state index >= 15 is 0 Å². The van der Waals surface area contributed by atoms with Gasteiger partial charge in [-0.1, -0.05) is 30.3 Å². The van der Waals surface area contributed by atoms with Crippen LogP contribution in [0.3, 0.4) is 0 Å². The number of anilines is 1. The highest BCUT2D eigenvalue weighted by atomic mass is 16.5.